The van der Waals surface area contributed by atoms with Gasteiger partial charge in [-0.2, -0.15) is 13.2 Å². The second-order valence-electron chi connectivity index (χ2n) is 6.31. The van der Waals surface area contributed by atoms with Gasteiger partial charge >= 0.3 is 6.18 Å². The van der Waals surface area contributed by atoms with Gasteiger partial charge < -0.3 is 14.6 Å². The van der Waals surface area contributed by atoms with Crippen LogP contribution in [0.1, 0.15) is 28.4 Å². The molecule has 0 saturated carbocycles. The van der Waals surface area contributed by atoms with Gasteiger partial charge in [0, 0.05) is 32.4 Å². The number of amides is 1. The molecular formula is C18H17F3N2O3. The molecule has 1 amide bonds. The van der Waals surface area contributed by atoms with E-state index in [9.17, 15) is 27.9 Å². The summed E-state index contributed by atoms with van der Waals surface area (Å²) in [6, 6.07) is 5.42. The number of carbonyl (C=O) groups is 1. The van der Waals surface area contributed by atoms with Gasteiger partial charge in [0.15, 0.2) is 6.10 Å². The molecule has 0 aliphatic carbocycles. The van der Waals surface area contributed by atoms with Gasteiger partial charge in [-0.05, 0) is 35.2 Å². The molecular weight excluding hydrogens is 349 g/mol. The van der Waals surface area contributed by atoms with Crippen molar-refractivity contribution in [2.24, 2.45) is 7.05 Å². The number of aromatic nitrogens is 1. The van der Waals surface area contributed by atoms with Crippen LogP contribution in [-0.2, 0) is 31.0 Å². The Balaban J connectivity index is 1.77. The highest BCUT2D eigenvalue weighted by Crippen LogP contribution is 2.30. The van der Waals surface area contributed by atoms with Crippen molar-refractivity contribution < 1.29 is 23.1 Å². The Labute approximate surface area is 147 Å². The monoisotopic (exact) mass is 366 g/mol. The molecule has 26 heavy (non-hydrogen) atoms. The molecule has 1 aromatic carbocycles. The zero-order chi connectivity index (χ0) is 19.1. The van der Waals surface area contributed by atoms with Crippen molar-refractivity contribution in [1.29, 1.82) is 0 Å². The van der Waals surface area contributed by atoms with E-state index in [2.05, 4.69) is 0 Å². The number of pyridine rings is 1. The smallest absolute Gasteiger partial charge is 0.378 e. The number of aliphatic hydroxyl groups excluding tert-OH is 1. The minimum atomic E-state index is -4.47. The van der Waals surface area contributed by atoms with Crippen LogP contribution in [0.25, 0.3) is 0 Å². The van der Waals surface area contributed by atoms with Crippen molar-refractivity contribution in [3.05, 3.63) is 69.1 Å². The summed E-state index contributed by atoms with van der Waals surface area (Å²) < 4.78 is 39.2. The van der Waals surface area contributed by atoms with Crippen LogP contribution in [-0.4, -0.2) is 27.0 Å². The fraction of sp³-hybridized carbons (Fsp3) is 0.333. The van der Waals surface area contributed by atoms with Crippen LogP contribution in [0.5, 0.6) is 0 Å². The van der Waals surface area contributed by atoms with Crippen molar-refractivity contribution in [2.45, 2.75) is 25.2 Å². The fourth-order valence-corrected chi connectivity index (χ4v) is 3.00. The van der Waals surface area contributed by atoms with Crippen molar-refractivity contribution in [1.82, 2.24) is 9.47 Å². The van der Waals surface area contributed by atoms with E-state index in [1.165, 1.54) is 15.5 Å². The van der Waals surface area contributed by atoms with Crippen molar-refractivity contribution >= 4 is 5.91 Å². The Morgan fingerprint density at radius 1 is 1.19 bits per heavy atom. The lowest BCUT2D eigenvalue weighted by Gasteiger charge is -2.30. The van der Waals surface area contributed by atoms with Crippen LogP contribution >= 0.6 is 0 Å². The van der Waals surface area contributed by atoms with Gasteiger partial charge in [0.2, 0.25) is 0 Å². The molecule has 0 bridgehead atoms. The Bertz CT molecular complexity index is 888. The average Bonchev–Trinajstić information content (AvgIpc) is 2.60. The van der Waals surface area contributed by atoms with Gasteiger partial charge in [-0.15, -0.1) is 0 Å². The number of alkyl halides is 3. The zero-order valence-electron chi connectivity index (χ0n) is 14.0. The molecule has 1 aliphatic rings. The minimum Gasteiger partial charge on any atom is -0.378 e. The summed E-state index contributed by atoms with van der Waals surface area (Å²) in [6.07, 6.45) is -3.87. The van der Waals surface area contributed by atoms with E-state index in [0.717, 1.165) is 35.4 Å². The van der Waals surface area contributed by atoms with Gasteiger partial charge in [-0.25, -0.2) is 0 Å². The third-order valence-corrected chi connectivity index (χ3v) is 4.52. The summed E-state index contributed by atoms with van der Waals surface area (Å²) in [5.41, 5.74) is 0.809. The number of halogens is 3. The SMILES string of the molecule is Cn1cc2c(cc1=O)CCN(C(=O)C(O)c1ccc(C(F)(F)F)cc1)C2. The number of aliphatic hydroxyl groups is 1. The summed E-state index contributed by atoms with van der Waals surface area (Å²) >= 11 is 0. The molecule has 1 unspecified atom stereocenters. The van der Waals surface area contributed by atoms with Gasteiger partial charge in [-0.3, -0.25) is 9.59 Å². The number of aryl methyl sites for hydroxylation is 1. The fourth-order valence-electron chi connectivity index (χ4n) is 3.00. The predicted molar refractivity (Wildman–Crippen MR) is 87.2 cm³/mol. The minimum absolute atomic E-state index is 0.106. The number of fused-ring (bicyclic) bond motifs is 1. The molecule has 2 aromatic rings. The number of hydrogen-bond acceptors (Lipinski definition) is 3. The van der Waals surface area contributed by atoms with Crippen molar-refractivity contribution in [3.8, 4) is 0 Å². The van der Waals surface area contributed by atoms with Crippen molar-refractivity contribution in [3.63, 3.8) is 0 Å². The van der Waals surface area contributed by atoms with Gasteiger partial charge in [0.05, 0.1) is 5.56 Å². The Morgan fingerprint density at radius 2 is 1.85 bits per heavy atom. The van der Waals surface area contributed by atoms with E-state index in [0.29, 0.717) is 13.0 Å². The summed E-state index contributed by atoms with van der Waals surface area (Å²) in [7, 11) is 1.61. The Kier molecular flexibility index (Phi) is 4.62. The molecule has 138 valence electrons. The van der Waals surface area contributed by atoms with E-state index in [1.54, 1.807) is 13.2 Å². The third kappa shape index (κ3) is 3.50. The second-order valence-corrected chi connectivity index (χ2v) is 6.31. The molecule has 0 radical (unpaired) electrons. The summed E-state index contributed by atoms with van der Waals surface area (Å²) in [4.78, 5) is 25.6. The van der Waals surface area contributed by atoms with Gasteiger partial charge in [-0.1, -0.05) is 12.1 Å². The zero-order valence-corrected chi connectivity index (χ0v) is 14.0. The molecule has 1 N–H and O–H groups in total. The Morgan fingerprint density at radius 3 is 2.46 bits per heavy atom. The first-order chi connectivity index (χ1) is 12.2. The van der Waals surface area contributed by atoms with Gasteiger partial charge in [0.25, 0.3) is 11.5 Å². The first-order valence-electron chi connectivity index (χ1n) is 7.99. The van der Waals surface area contributed by atoms with Crippen molar-refractivity contribution in [2.75, 3.05) is 6.54 Å². The maximum Gasteiger partial charge on any atom is 0.416 e. The van der Waals surface area contributed by atoms with Crippen LogP contribution in [0, 0.1) is 0 Å². The quantitative estimate of drug-likeness (QED) is 0.885. The molecule has 0 fully saturated rings. The molecule has 3 rings (SSSR count). The topological polar surface area (TPSA) is 62.5 Å². The number of rotatable bonds is 2. The van der Waals surface area contributed by atoms with Crippen LogP contribution < -0.4 is 5.56 Å². The van der Waals surface area contributed by atoms with Crippen LogP contribution in [0.15, 0.2) is 41.3 Å². The number of nitrogens with zero attached hydrogens (tertiary/aromatic N) is 2. The molecule has 1 atom stereocenters. The summed E-state index contributed by atoms with van der Waals surface area (Å²) in [5, 5.41) is 10.3. The summed E-state index contributed by atoms with van der Waals surface area (Å²) in [5.74, 6) is -0.579. The second kappa shape index (κ2) is 6.60. The van der Waals surface area contributed by atoms with Crippen LogP contribution in [0.2, 0.25) is 0 Å². The molecule has 1 aliphatic heterocycles. The number of benzene rings is 1. The standard InChI is InChI=1S/C18H17F3N2O3/c1-22-9-13-10-23(7-6-12(13)8-15(22)24)17(26)16(25)11-2-4-14(5-3-11)18(19,20)21/h2-5,8-9,16,25H,6-7,10H2,1H3. The van der Waals surface area contributed by atoms with E-state index in [4.69, 9.17) is 0 Å². The maximum atomic E-state index is 12.6. The normalized spacial score (nSPS) is 15.5. The molecule has 5 nitrogen and oxygen atoms in total. The first-order valence-corrected chi connectivity index (χ1v) is 7.99. The highest BCUT2D eigenvalue weighted by Gasteiger charge is 2.31. The highest BCUT2D eigenvalue weighted by atomic mass is 19.4. The van der Waals surface area contributed by atoms with E-state index in [-0.39, 0.29) is 17.7 Å². The summed E-state index contributed by atoms with van der Waals surface area (Å²) in [6.45, 7) is 0.566. The largest absolute Gasteiger partial charge is 0.416 e. The molecule has 0 saturated heterocycles. The van der Waals surface area contributed by atoms with E-state index in [1.807, 2.05) is 0 Å². The highest BCUT2D eigenvalue weighted by molar-refractivity contribution is 5.82. The third-order valence-electron chi connectivity index (χ3n) is 4.52. The van der Waals surface area contributed by atoms with Crippen LogP contribution in [0.4, 0.5) is 13.2 Å². The molecule has 2 heterocycles. The lowest BCUT2D eigenvalue weighted by Crippen LogP contribution is -2.40. The lowest BCUT2D eigenvalue weighted by atomic mass is 10.00. The number of hydrogen-bond donors (Lipinski definition) is 1. The lowest BCUT2D eigenvalue weighted by molar-refractivity contribution is -0.141. The number of carbonyl (C=O) groups excluding carboxylic acids is 1. The predicted octanol–water partition coefficient (Wildman–Crippen LogP) is 2.02. The first kappa shape index (κ1) is 18.2. The molecule has 1 aromatic heterocycles. The molecule has 8 heteroatoms. The van der Waals surface area contributed by atoms with E-state index >= 15 is 0 Å². The molecule has 0 spiro atoms. The Hall–Kier alpha value is -2.61. The van der Waals surface area contributed by atoms with E-state index < -0.39 is 23.8 Å². The van der Waals surface area contributed by atoms with Crippen LogP contribution in [0.3, 0.4) is 0 Å². The average molecular weight is 366 g/mol. The maximum absolute atomic E-state index is 12.6. The van der Waals surface area contributed by atoms with Gasteiger partial charge in [0.1, 0.15) is 0 Å².